The van der Waals surface area contributed by atoms with E-state index in [9.17, 15) is 4.79 Å². The van der Waals surface area contributed by atoms with E-state index in [4.69, 9.17) is 19.9 Å². The predicted octanol–water partition coefficient (Wildman–Crippen LogP) is 1.00. The number of esters is 1. The molecule has 0 radical (unpaired) electrons. The largest absolute Gasteiger partial charge is 0.461 e. The summed E-state index contributed by atoms with van der Waals surface area (Å²) in [7, 11) is 1.63. The van der Waals surface area contributed by atoms with Crippen molar-refractivity contribution in [1.29, 1.82) is 0 Å². The van der Waals surface area contributed by atoms with Crippen LogP contribution in [0.1, 0.15) is 29.7 Å². The van der Waals surface area contributed by atoms with E-state index in [1.165, 1.54) is 0 Å². The fraction of sp³-hybridized carbons (Fsp3) is 0.692. The van der Waals surface area contributed by atoms with E-state index in [1.807, 2.05) is 6.92 Å². The Balaban J connectivity index is 2.52. The topological polar surface area (TPSA) is 88.6 Å². The number of hydrogen-bond acceptors (Lipinski definition) is 6. The van der Waals surface area contributed by atoms with Gasteiger partial charge in [-0.2, -0.15) is 0 Å². The molecule has 7 heteroatoms. The molecule has 0 saturated carbocycles. The van der Waals surface area contributed by atoms with Gasteiger partial charge in [0.1, 0.15) is 11.6 Å². The van der Waals surface area contributed by atoms with Gasteiger partial charge in [-0.1, -0.05) is 0 Å². The molecule has 0 aliphatic heterocycles. The van der Waals surface area contributed by atoms with Gasteiger partial charge in [-0.05, 0) is 20.3 Å². The first-order valence-corrected chi connectivity index (χ1v) is 6.68. The van der Waals surface area contributed by atoms with Gasteiger partial charge >= 0.3 is 5.97 Å². The van der Waals surface area contributed by atoms with Crippen LogP contribution in [-0.4, -0.2) is 49.1 Å². The Morgan fingerprint density at radius 2 is 2.10 bits per heavy atom. The number of imidazole rings is 1. The van der Waals surface area contributed by atoms with Crippen molar-refractivity contribution < 1.29 is 19.0 Å². The summed E-state index contributed by atoms with van der Waals surface area (Å²) in [5, 5.41) is 0. The van der Waals surface area contributed by atoms with Gasteiger partial charge in [-0.15, -0.1) is 0 Å². The van der Waals surface area contributed by atoms with Gasteiger partial charge in [0, 0.05) is 20.3 Å². The van der Waals surface area contributed by atoms with Crippen molar-refractivity contribution in [2.24, 2.45) is 0 Å². The maximum atomic E-state index is 11.7. The number of methoxy groups -OCH3 is 1. The molecule has 0 aliphatic carbocycles. The molecule has 2 N–H and O–H groups in total. The number of ether oxygens (including phenoxy) is 3. The fourth-order valence-electron chi connectivity index (χ4n) is 1.78. The number of carbonyl (C=O) groups is 1. The lowest BCUT2D eigenvalue weighted by atomic mass is 10.4. The van der Waals surface area contributed by atoms with Crippen LogP contribution in [-0.2, 0) is 20.8 Å². The van der Waals surface area contributed by atoms with E-state index in [0.717, 1.165) is 6.42 Å². The highest BCUT2D eigenvalue weighted by atomic mass is 16.5. The zero-order valence-electron chi connectivity index (χ0n) is 12.3. The van der Waals surface area contributed by atoms with Crippen LogP contribution >= 0.6 is 0 Å². The molecule has 1 heterocycles. The molecule has 1 aromatic heterocycles. The number of nitrogen functional groups attached to an aromatic ring is 1. The molecule has 0 fully saturated rings. The summed E-state index contributed by atoms with van der Waals surface area (Å²) in [4.78, 5) is 15.8. The molecule has 7 nitrogen and oxygen atoms in total. The lowest BCUT2D eigenvalue weighted by Crippen LogP contribution is -2.11. The Kier molecular flexibility index (Phi) is 7.03. The first-order valence-electron chi connectivity index (χ1n) is 6.68. The van der Waals surface area contributed by atoms with E-state index >= 15 is 0 Å². The number of carbonyl (C=O) groups excluding carboxylic acids is 1. The second-order valence-electron chi connectivity index (χ2n) is 4.22. The summed E-state index contributed by atoms with van der Waals surface area (Å²) in [5.41, 5.74) is 6.12. The van der Waals surface area contributed by atoms with E-state index in [2.05, 4.69) is 4.98 Å². The third-order valence-electron chi connectivity index (χ3n) is 2.77. The number of rotatable bonds is 9. The maximum Gasteiger partial charge on any atom is 0.360 e. The molecule has 0 bridgehead atoms. The van der Waals surface area contributed by atoms with Crippen LogP contribution in [0.3, 0.4) is 0 Å². The third-order valence-corrected chi connectivity index (χ3v) is 2.77. The SMILES string of the molecule is CCOC(=O)c1nc(C)n(CCCOCCOC)c1N. The Morgan fingerprint density at radius 3 is 2.75 bits per heavy atom. The normalized spacial score (nSPS) is 10.8. The van der Waals surface area contributed by atoms with Crippen molar-refractivity contribution in [3.8, 4) is 0 Å². The van der Waals surface area contributed by atoms with Crippen molar-refractivity contribution in [3.63, 3.8) is 0 Å². The Labute approximate surface area is 119 Å². The van der Waals surface area contributed by atoms with Crippen LogP contribution in [0, 0.1) is 6.92 Å². The summed E-state index contributed by atoms with van der Waals surface area (Å²) in [6, 6.07) is 0. The van der Waals surface area contributed by atoms with Crippen molar-refractivity contribution in [2.75, 3.05) is 39.3 Å². The molecule has 0 aromatic carbocycles. The van der Waals surface area contributed by atoms with Gasteiger partial charge in [0.2, 0.25) is 0 Å². The Hall–Kier alpha value is -1.60. The Bertz CT molecular complexity index is 431. The summed E-state index contributed by atoms with van der Waals surface area (Å²) in [6.07, 6.45) is 0.785. The third kappa shape index (κ3) is 4.50. The zero-order valence-corrected chi connectivity index (χ0v) is 12.3. The van der Waals surface area contributed by atoms with Crippen LogP contribution in [0.5, 0.6) is 0 Å². The standard InChI is InChI=1S/C13H23N3O4/c1-4-20-13(17)11-12(14)16(10(2)15-11)6-5-7-19-9-8-18-3/h4-9,14H2,1-3H3. The lowest BCUT2D eigenvalue weighted by Gasteiger charge is -2.08. The molecule has 20 heavy (non-hydrogen) atoms. The molecule has 0 unspecified atom stereocenters. The predicted molar refractivity (Wildman–Crippen MR) is 74.6 cm³/mol. The molecule has 1 rings (SSSR count). The molecule has 0 amide bonds. The summed E-state index contributed by atoms with van der Waals surface area (Å²) < 4.78 is 17.0. The van der Waals surface area contributed by atoms with Crippen LogP contribution < -0.4 is 5.73 Å². The quantitative estimate of drug-likeness (QED) is 0.538. The molecule has 0 aliphatic rings. The molecule has 114 valence electrons. The highest BCUT2D eigenvalue weighted by Gasteiger charge is 2.19. The molecule has 0 saturated heterocycles. The number of aryl methyl sites for hydroxylation is 1. The summed E-state index contributed by atoms with van der Waals surface area (Å²) in [6.45, 7) is 6.27. The van der Waals surface area contributed by atoms with Crippen molar-refractivity contribution in [2.45, 2.75) is 26.8 Å². The number of hydrogen-bond donors (Lipinski definition) is 1. The monoisotopic (exact) mass is 285 g/mol. The van der Waals surface area contributed by atoms with Crippen molar-refractivity contribution in [3.05, 3.63) is 11.5 Å². The van der Waals surface area contributed by atoms with Crippen molar-refractivity contribution >= 4 is 11.8 Å². The van der Waals surface area contributed by atoms with Gasteiger partial charge in [-0.3, -0.25) is 0 Å². The minimum absolute atomic E-state index is 0.185. The van der Waals surface area contributed by atoms with Crippen LogP contribution in [0.25, 0.3) is 0 Å². The van der Waals surface area contributed by atoms with Gasteiger partial charge < -0.3 is 24.5 Å². The minimum atomic E-state index is -0.483. The molecular formula is C13H23N3O4. The second-order valence-corrected chi connectivity index (χ2v) is 4.22. The minimum Gasteiger partial charge on any atom is -0.461 e. The summed E-state index contributed by atoms with van der Waals surface area (Å²) in [5.74, 6) is 0.559. The second kappa shape index (κ2) is 8.55. The molecule has 1 aromatic rings. The highest BCUT2D eigenvalue weighted by molar-refractivity contribution is 5.92. The maximum absolute atomic E-state index is 11.7. The average Bonchev–Trinajstić information content (AvgIpc) is 2.70. The van der Waals surface area contributed by atoms with E-state index in [-0.39, 0.29) is 5.69 Å². The fourth-order valence-corrected chi connectivity index (χ4v) is 1.78. The van der Waals surface area contributed by atoms with Crippen LogP contribution in [0.15, 0.2) is 0 Å². The van der Waals surface area contributed by atoms with Gasteiger partial charge in [0.05, 0.1) is 19.8 Å². The molecule has 0 atom stereocenters. The lowest BCUT2D eigenvalue weighted by molar-refractivity contribution is 0.0521. The van der Waals surface area contributed by atoms with Crippen molar-refractivity contribution in [1.82, 2.24) is 9.55 Å². The molecular weight excluding hydrogens is 262 g/mol. The average molecular weight is 285 g/mol. The zero-order chi connectivity index (χ0) is 15.0. The highest BCUT2D eigenvalue weighted by Crippen LogP contribution is 2.15. The first kappa shape index (κ1) is 16.5. The first-order chi connectivity index (χ1) is 9.61. The van der Waals surface area contributed by atoms with Gasteiger partial charge in [-0.25, -0.2) is 9.78 Å². The number of nitrogens with zero attached hydrogens (tertiary/aromatic N) is 2. The van der Waals surface area contributed by atoms with Gasteiger partial charge in [0.25, 0.3) is 0 Å². The Morgan fingerprint density at radius 1 is 1.35 bits per heavy atom. The van der Waals surface area contributed by atoms with Crippen LogP contribution in [0.2, 0.25) is 0 Å². The number of aromatic nitrogens is 2. The smallest absolute Gasteiger partial charge is 0.360 e. The number of anilines is 1. The summed E-state index contributed by atoms with van der Waals surface area (Å²) >= 11 is 0. The van der Waals surface area contributed by atoms with E-state index < -0.39 is 5.97 Å². The van der Waals surface area contributed by atoms with Crippen LogP contribution in [0.4, 0.5) is 5.82 Å². The molecule has 0 spiro atoms. The van der Waals surface area contributed by atoms with E-state index in [0.29, 0.717) is 44.6 Å². The van der Waals surface area contributed by atoms with E-state index in [1.54, 1.807) is 18.6 Å². The number of nitrogens with two attached hydrogens (primary N) is 1. The van der Waals surface area contributed by atoms with Gasteiger partial charge in [0.15, 0.2) is 5.69 Å².